The minimum Gasteiger partial charge on any atom is -0.465 e. The maximum atomic E-state index is 11.1. The van der Waals surface area contributed by atoms with Crippen LogP contribution in [0.15, 0.2) is 0 Å². The summed E-state index contributed by atoms with van der Waals surface area (Å²) in [4.78, 5) is 11.1. The van der Waals surface area contributed by atoms with E-state index in [0.717, 1.165) is 6.42 Å². The normalized spacial score (nSPS) is 11.1. The average molecular weight is 194 g/mol. The molecule has 0 aliphatic carbocycles. The van der Waals surface area contributed by atoms with Gasteiger partial charge in [-0.15, -0.1) is 0 Å². The third-order valence-electron chi connectivity index (χ3n) is 1.76. The first-order valence-corrected chi connectivity index (χ1v) is 4.69. The summed E-state index contributed by atoms with van der Waals surface area (Å²) in [7, 11) is 0. The first kappa shape index (κ1) is 12.4. The molecule has 0 bridgehead atoms. The van der Waals surface area contributed by atoms with Crippen molar-refractivity contribution in [1.29, 1.82) is 10.5 Å². The van der Waals surface area contributed by atoms with E-state index < -0.39 is 11.9 Å². The van der Waals surface area contributed by atoms with Crippen molar-refractivity contribution >= 4 is 5.97 Å². The van der Waals surface area contributed by atoms with Crippen LogP contribution in [0.25, 0.3) is 0 Å². The molecule has 0 aromatic heterocycles. The smallest absolute Gasteiger partial charge is 0.323 e. The van der Waals surface area contributed by atoms with Crippen molar-refractivity contribution < 1.29 is 9.53 Å². The number of nitrogens with zero attached hydrogens (tertiary/aromatic N) is 2. The molecular formula is C10H14N2O2. The van der Waals surface area contributed by atoms with E-state index in [-0.39, 0.29) is 0 Å². The van der Waals surface area contributed by atoms with E-state index in [2.05, 4.69) is 0 Å². The molecule has 0 saturated carbocycles. The van der Waals surface area contributed by atoms with Gasteiger partial charge in [0.15, 0.2) is 0 Å². The van der Waals surface area contributed by atoms with Gasteiger partial charge in [-0.25, -0.2) is 0 Å². The zero-order valence-electron chi connectivity index (χ0n) is 8.32. The van der Waals surface area contributed by atoms with Gasteiger partial charge in [-0.3, -0.25) is 4.79 Å². The number of hydrogen-bond donors (Lipinski definition) is 0. The Morgan fingerprint density at radius 3 is 2.64 bits per heavy atom. The molecule has 4 nitrogen and oxygen atoms in total. The third kappa shape index (κ3) is 5.16. The highest BCUT2D eigenvalue weighted by Crippen LogP contribution is 2.10. The maximum absolute atomic E-state index is 11.1. The topological polar surface area (TPSA) is 73.9 Å². The van der Waals surface area contributed by atoms with Gasteiger partial charge in [0.25, 0.3) is 0 Å². The van der Waals surface area contributed by atoms with Gasteiger partial charge >= 0.3 is 5.97 Å². The van der Waals surface area contributed by atoms with E-state index in [4.69, 9.17) is 15.3 Å². The lowest BCUT2D eigenvalue weighted by Gasteiger charge is -2.06. The largest absolute Gasteiger partial charge is 0.465 e. The molecule has 76 valence electrons. The SMILES string of the molecule is CCOC(=O)C(C#N)CCCCC#N. The summed E-state index contributed by atoms with van der Waals surface area (Å²) in [5, 5.41) is 16.9. The molecule has 0 aromatic carbocycles. The Morgan fingerprint density at radius 1 is 1.43 bits per heavy atom. The molecule has 0 saturated heterocycles. The van der Waals surface area contributed by atoms with Gasteiger partial charge in [0.05, 0.1) is 18.7 Å². The number of ether oxygens (including phenoxy) is 1. The standard InChI is InChI=1S/C10H14N2O2/c1-2-14-10(13)9(8-12)6-4-3-5-7-11/h9H,2-6H2,1H3. The zero-order chi connectivity index (χ0) is 10.8. The second-order valence-corrected chi connectivity index (χ2v) is 2.84. The highest BCUT2D eigenvalue weighted by molar-refractivity contribution is 5.75. The van der Waals surface area contributed by atoms with E-state index in [1.807, 2.05) is 12.1 Å². The lowest BCUT2D eigenvalue weighted by atomic mass is 10.0. The number of carbonyl (C=O) groups excluding carboxylic acids is 1. The van der Waals surface area contributed by atoms with E-state index in [1.165, 1.54) is 0 Å². The Hall–Kier alpha value is -1.55. The minimum absolute atomic E-state index is 0.301. The lowest BCUT2D eigenvalue weighted by Crippen LogP contribution is -2.16. The summed E-state index contributed by atoms with van der Waals surface area (Å²) in [5.41, 5.74) is 0. The van der Waals surface area contributed by atoms with Crippen LogP contribution in [0.5, 0.6) is 0 Å². The first-order chi connectivity index (χ1) is 6.76. The predicted octanol–water partition coefficient (Wildman–Crippen LogP) is 1.77. The quantitative estimate of drug-likeness (QED) is 0.477. The Labute approximate surface area is 84.1 Å². The Bertz CT molecular complexity index is 250. The van der Waals surface area contributed by atoms with Gasteiger partial charge in [-0.2, -0.15) is 10.5 Å². The van der Waals surface area contributed by atoms with Crippen molar-refractivity contribution in [3.05, 3.63) is 0 Å². The molecule has 0 aliphatic rings. The summed E-state index contributed by atoms with van der Waals surface area (Å²) in [6.07, 6.45) is 2.40. The Balaban J connectivity index is 3.76. The van der Waals surface area contributed by atoms with E-state index in [1.54, 1.807) is 6.92 Å². The Kier molecular flexibility index (Phi) is 7.17. The molecule has 0 heterocycles. The van der Waals surface area contributed by atoms with Gasteiger partial charge in [0.2, 0.25) is 0 Å². The molecule has 0 rings (SSSR count). The summed E-state index contributed by atoms with van der Waals surface area (Å²) in [5.74, 6) is -1.12. The summed E-state index contributed by atoms with van der Waals surface area (Å²) in [6.45, 7) is 2.01. The van der Waals surface area contributed by atoms with Crippen molar-refractivity contribution in [1.82, 2.24) is 0 Å². The van der Waals surface area contributed by atoms with Crippen LogP contribution in [0.3, 0.4) is 0 Å². The molecule has 0 radical (unpaired) electrons. The highest BCUT2D eigenvalue weighted by Gasteiger charge is 2.17. The molecule has 4 heteroatoms. The van der Waals surface area contributed by atoms with Crippen LogP contribution in [0.2, 0.25) is 0 Å². The number of rotatable bonds is 6. The van der Waals surface area contributed by atoms with E-state index >= 15 is 0 Å². The van der Waals surface area contributed by atoms with Gasteiger partial charge in [0.1, 0.15) is 5.92 Å². The molecule has 0 aromatic rings. The number of esters is 1. The zero-order valence-corrected chi connectivity index (χ0v) is 8.32. The van der Waals surface area contributed by atoms with E-state index in [0.29, 0.717) is 25.9 Å². The van der Waals surface area contributed by atoms with Crippen molar-refractivity contribution in [2.75, 3.05) is 6.61 Å². The molecule has 14 heavy (non-hydrogen) atoms. The first-order valence-electron chi connectivity index (χ1n) is 4.69. The maximum Gasteiger partial charge on any atom is 0.323 e. The Morgan fingerprint density at radius 2 is 2.14 bits per heavy atom. The lowest BCUT2D eigenvalue weighted by molar-refractivity contribution is -0.146. The van der Waals surface area contributed by atoms with Crippen LogP contribution in [-0.2, 0) is 9.53 Å². The third-order valence-corrected chi connectivity index (χ3v) is 1.76. The highest BCUT2D eigenvalue weighted by atomic mass is 16.5. The minimum atomic E-state index is -0.673. The van der Waals surface area contributed by atoms with Crippen molar-refractivity contribution in [2.45, 2.75) is 32.6 Å². The number of unbranched alkanes of at least 4 members (excludes halogenated alkanes) is 2. The monoisotopic (exact) mass is 194 g/mol. The van der Waals surface area contributed by atoms with Crippen LogP contribution in [0.4, 0.5) is 0 Å². The van der Waals surface area contributed by atoms with Gasteiger partial charge in [-0.1, -0.05) is 6.42 Å². The molecule has 1 atom stereocenters. The summed E-state index contributed by atoms with van der Waals surface area (Å²) >= 11 is 0. The van der Waals surface area contributed by atoms with Gasteiger partial charge in [-0.05, 0) is 19.8 Å². The van der Waals surface area contributed by atoms with Gasteiger partial charge < -0.3 is 4.74 Å². The number of hydrogen-bond acceptors (Lipinski definition) is 4. The van der Waals surface area contributed by atoms with Gasteiger partial charge in [0, 0.05) is 6.42 Å². The van der Waals surface area contributed by atoms with Crippen LogP contribution in [0.1, 0.15) is 32.6 Å². The van der Waals surface area contributed by atoms with Crippen molar-refractivity contribution in [3.63, 3.8) is 0 Å². The molecular weight excluding hydrogens is 180 g/mol. The second-order valence-electron chi connectivity index (χ2n) is 2.84. The predicted molar refractivity (Wildman–Crippen MR) is 49.8 cm³/mol. The molecule has 0 amide bonds. The van der Waals surface area contributed by atoms with Crippen LogP contribution >= 0.6 is 0 Å². The van der Waals surface area contributed by atoms with Crippen LogP contribution in [0, 0.1) is 28.6 Å². The molecule has 0 aliphatic heterocycles. The fourth-order valence-corrected chi connectivity index (χ4v) is 1.03. The van der Waals surface area contributed by atoms with Crippen LogP contribution in [-0.4, -0.2) is 12.6 Å². The fourth-order valence-electron chi connectivity index (χ4n) is 1.03. The summed E-state index contributed by atoms with van der Waals surface area (Å²) in [6, 6.07) is 3.92. The second kappa shape index (κ2) is 8.07. The molecule has 1 unspecified atom stereocenters. The van der Waals surface area contributed by atoms with Crippen molar-refractivity contribution in [2.24, 2.45) is 5.92 Å². The molecule has 0 fully saturated rings. The van der Waals surface area contributed by atoms with E-state index in [9.17, 15) is 4.79 Å². The van der Waals surface area contributed by atoms with Crippen molar-refractivity contribution in [3.8, 4) is 12.1 Å². The average Bonchev–Trinajstić information content (AvgIpc) is 2.18. The molecule has 0 N–H and O–H groups in total. The number of carbonyl (C=O) groups is 1. The molecule has 0 spiro atoms. The fraction of sp³-hybridized carbons (Fsp3) is 0.700. The van der Waals surface area contributed by atoms with Crippen LogP contribution < -0.4 is 0 Å². The summed E-state index contributed by atoms with van der Waals surface area (Å²) < 4.78 is 4.73. The number of nitriles is 2.